The highest BCUT2D eigenvalue weighted by Gasteiger charge is 2.49. The van der Waals surface area contributed by atoms with E-state index in [-0.39, 0.29) is 5.54 Å². The molecule has 1 aliphatic rings. The first-order chi connectivity index (χ1) is 4.58. The molecular formula is C8H17NO. The first-order valence-corrected chi connectivity index (χ1v) is 4.01. The van der Waals surface area contributed by atoms with Gasteiger partial charge in [0.2, 0.25) is 0 Å². The van der Waals surface area contributed by atoms with E-state index in [2.05, 4.69) is 33.0 Å². The van der Waals surface area contributed by atoms with Crippen LogP contribution in [0.4, 0.5) is 0 Å². The number of hydrogen-bond acceptors (Lipinski definition) is 2. The molecule has 10 heavy (non-hydrogen) atoms. The Kier molecular flexibility index (Phi) is 2.02. The van der Waals surface area contributed by atoms with E-state index in [9.17, 15) is 0 Å². The molecule has 0 aromatic rings. The van der Waals surface area contributed by atoms with Gasteiger partial charge in [0, 0.05) is 0 Å². The average Bonchev–Trinajstić information content (AvgIpc) is 2.43. The summed E-state index contributed by atoms with van der Waals surface area (Å²) in [6.45, 7) is 8.50. The summed E-state index contributed by atoms with van der Waals surface area (Å²) < 4.78 is 5.56. The summed E-state index contributed by atoms with van der Waals surface area (Å²) in [4.78, 5) is 0. The van der Waals surface area contributed by atoms with Gasteiger partial charge >= 0.3 is 0 Å². The van der Waals surface area contributed by atoms with Gasteiger partial charge in [0.25, 0.3) is 0 Å². The van der Waals surface area contributed by atoms with Crippen LogP contribution in [0.25, 0.3) is 0 Å². The average molecular weight is 143 g/mol. The van der Waals surface area contributed by atoms with Crippen molar-refractivity contribution in [3.8, 4) is 0 Å². The van der Waals surface area contributed by atoms with Crippen molar-refractivity contribution in [3.63, 3.8) is 0 Å². The van der Waals surface area contributed by atoms with Crippen LogP contribution < -0.4 is 5.32 Å². The molecule has 1 N–H and O–H groups in total. The van der Waals surface area contributed by atoms with Gasteiger partial charge in [-0.3, -0.25) is 5.32 Å². The van der Waals surface area contributed by atoms with E-state index in [1.807, 2.05) is 0 Å². The Morgan fingerprint density at radius 2 is 2.20 bits per heavy atom. The molecule has 60 valence electrons. The van der Waals surface area contributed by atoms with Crippen molar-refractivity contribution >= 4 is 0 Å². The molecule has 0 amide bonds. The third-order valence-corrected chi connectivity index (χ3v) is 2.10. The van der Waals surface area contributed by atoms with Crippen molar-refractivity contribution in [2.24, 2.45) is 0 Å². The molecule has 0 aliphatic carbocycles. The fourth-order valence-corrected chi connectivity index (χ4v) is 1.00. The smallest absolute Gasteiger partial charge is 0.127 e. The lowest BCUT2D eigenvalue weighted by molar-refractivity contribution is 0.0499. The lowest BCUT2D eigenvalue weighted by atomic mass is 10.1. The Bertz CT molecular complexity index is 124. The Balaban J connectivity index is 2.24. The van der Waals surface area contributed by atoms with Crippen molar-refractivity contribution in [3.05, 3.63) is 0 Å². The molecule has 2 nitrogen and oxygen atoms in total. The van der Waals surface area contributed by atoms with E-state index in [0.29, 0.717) is 12.3 Å². The summed E-state index contributed by atoms with van der Waals surface area (Å²) in [6.07, 6.45) is 1.79. The van der Waals surface area contributed by atoms with Crippen LogP contribution in [-0.2, 0) is 4.74 Å². The summed E-state index contributed by atoms with van der Waals surface area (Å²) in [5, 5.41) is 3.30. The summed E-state index contributed by atoms with van der Waals surface area (Å²) in [5.74, 6) is 0. The molecular weight excluding hydrogens is 126 g/mol. The van der Waals surface area contributed by atoms with Gasteiger partial charge < -0.3 is 4.74 Å². The fourth-order valence-electron chi connectivity index (χ4n) is 1.00. The Labute approximate surface area is 63.0 Å². The molecule has 1 saturated heterocycles. The topological polar surface area (TPSA) is 31.2 Å². The second-order valence-corrected chi connectivity index (χ2v) is 3.48. The second kappa shape index (κ2) is 2.51. The lowest BCUT2D eigenvalue weighted by Gasteiger charge is -2.07. The van der Waals surface area contributed by atoms with Crippen LogP contribution in [0.1, 0.15) is 34.1 Å². The third-order valence-electron chi connectivity index (χ3n) is 2.10. The van der Waals surface area contributed by atoms with Crippen LogP contribution in [0.2, 0.25) is 0 Å². The highest BCUT2D eigenvalue weighted by molar-refractivity contribution is 5.04. The van der Waals surface area contributed by atoms with Crippen LogP contribution in [0.15, 0.2) is 0 Å². The van der Waals surface area contributed by atoms with Crippen molar-refractivity contribution in [2.45, 2.75) is 52.0 Å². The minimum absolute atomic E-state index is 0.268. The summed E-state index contributed by atoms with van der Waals surface area (Å²) >= 11 is 0. The molecule has 0 radical (unpaired) electrons. The van der Waals surface area contributed by atoms with Gasteiger partial charge in [0.1, 0.15) is 6.23 Å². The van der Waals surface area contributed by atoms with Gasteiger partial charge in [-0.2, -0.15) is 0 Å². The van der Waals surface area contributed by atoms with E-state index in [0.717, 1.165) is 6.42 Å². The van der Waals surface area contributed by atoms with Gasteiger partial charge in [0.05, 0.1) is 11.6 Å². The molecule has 0 aromatic carbocycles. The summed E-state index contributed by atoms with van der Waals surface area (Å²) in [5.41, 5.74) is 0.268. The lowest BCUT2D eigenvalue weighted by Crippen LogP contribution is -2.14. The first-order valence-electron chi connectivity index (χ1n) is 4.01. The maximum Gasteiger partial charge on any atom is 0.127 e. The van der Waals surface area contributed by atoms with Crippen molar-refractivity contribution in [1.29, 1.82) is 0 Å². The van der Waals surface area contributed by atoms with Gasteiger partial charge in [-0.1, -0.05) is 6.92 Å². The molecule has 0 spiro atoms. The minimum atomic E-state index is 0.268. The number of rotatable bonds is 3. The SMILES string of the molecule is CCC1(C)NC1OC(C)C. The van der Waals surface area contributed by atoms with Gasteiger partial charge in [-0.25, -0.2) is 0 Å². The quantitative estimate of drug-likeness (QED) is 0.607. The van der Waals surface area contributed by atoms with Crippen LogP contribution in [-0.4, -0.2) is 17.9 Å². The van der Waals surface area contributed by atoms with Crippen LogP contribution in [0, 0.1) is 0 Å². The Morgan fingerprint density at radius 3 is 2.50 bits per heavy atom. The molecule has 0 aromatic heterocycles. The zero-order valence-corrected chi connectivity index (χ0v) is 7.27. The van der Waals surface area contributed by atoms with Crippen LogP contribution >= 0.6 is 0 Å². The zero-order valence-electron chi connectivity index (χ0n) is 7.27. The number of ether oxygens (including phenoxy) is 1. The Morgan fingerprint density at radius 1 is 1.60 bits per heavy atom. The predicted octanol–water partition coefficient (Wildman–Crippen LogP) is 1.51. The number of nitrogens with one attached hydrogen (secondary N) is 1. The van der Waals surface area contributed by atoms with E-state index in [4.69, 9.17) is 4.74 Å². The molecule has 2 atom stereocenters. The standard InChI is InChI=1S/C8H17NO/c1-5-8(4)7(9-8)10-6(2)3/h6-7,9H,5H2,1-4H3. The molecule has 1 heterocycles. The highest BCUT2D eigenvalue weighted by atomic mass is 16.5. The highest BCUT2D eigenvalue weighted by Crippen LogP contribution is 2.30. The van der Waals surface area contributed by atoms with Gasteiger partial charge in [0.15, 0.2) is 0 Å². The summed E-state index contributed by atoms with van der Waals surface area (Å²) in [6, 6.07) is 0. The molecule has 1 aliphatic heterocycles. The van der Waals surface area contributed by atoms with Crippen LogP contribution in [0.5, 0.6) is 0 Å². The molecule has 1 rings (SSSR count). The predicted molar refractivity (Wildman–Crippen MR) is 41.8 cm³/mol. The van der Waals surface area contributed by atoms with Crippen molar-refractivity contribution < 1.29 is 4.74 Å². The van der Waals surface area contributed by atoms with Crippen molar-refractivity contribution in [1.82, 2.24) is 5.32 Å². The maximum atomic E-state index is 5.56. The largest absolute Gasteiger partial charge is 0.359 e. The first kappa shape index (κ1) is 8.02. The van der Waals surface area contributed by atoms with E-state index < -0.39 is 0 Å². The van der Waals surface area contributed by atoms with E-state index in [1.54, 1.807) is 0 Å². The van der Waals surface area contributed by atoms with E-state index >= 15 is 0 Å². The molecule has 2 heteroatoms. The molecule has 0 saturated carbocycles. The van der Waals surface area contributed by atoms with E-state index in [1.165, 1.54) is 0 Å². The molecule has 1 fully saturated rings. The summed E-state index contributed by atoms with van der Waals surface area (Å²) in [7, 11) is 0. The monoisotopic (exact) mass is 143 g/mol. The van der Waals surface area contributed by atoms with Gasteiger partial charge in [-0.05, 0) is 27.2 Å². The fraction of sp³-hybridized carbons (Fsp3) is 1.00. The molecule has 0 bridgehead atoms. The zero-order chi connectivity index (χ0) is 7.78. The normalized spacial score (nSPS) is 38.7. The van der Waals surface area contributed by atoms with Gasteiger partial charge in [-0.15, -0.1) is 0 Å². The van der Waals surface area contributed by atoms with Crippen LogP contribution in [0.3, 0.4) is 0 Å². The maximum absolute atomic E-state index is 5.56. The number of hydrogen-bond donors (Lipinski definition) is 1. The minimum Gasteiger partial charge on any atom is -0.359 e. The molecule has 2 unspecified atom stereocenters. The Hall–Kier alpha value is -0.0800. The third kappa shape index (κ3) is 1.50. The second-order valence-electron chi connectivity index (χ2n) is 3.48. The van der Waals surface area contributed by atoms with Crippen molar-refractivity contribution in [2.75, 3.05) is 0 Å².